The highest BCUT2D eigenvalue weighted by Crippen LogP contribution is 2.16. The number of rotatable bonds is 3. The third-order valence-corrected chi connectivity index (χ3v) is 2.89. The Morgan fingerprint density at radius 2 is 2.35 bits per heavy atom. The van der Waals surface area contributed by atoms with E-state index in [0.717, 1.165) is 12.1 Å². The molecule has 0 saturated carbocycles. The largest absolute Gasteiger partial charge is 0.459 e. The van der Waals surface area contributed by atoms with Crippen molar-refractivity contribution in [2.45, 2.75) is 12.7 Å². The summed E-state index contributed by atoms with van der Waals surface area (Å²) in [5, 5.41) is 3.67. The number of hydrogen-bond donors (Lipinski definition) is 1. The second-order valence-electron chi connectivity index (χ2n) is 3.76. The Balaban J connectivity index is 1.85. The van der Waals surface area contributed by atoms with Crippen molar-refractivity contribution in [2.24, 2.45) is 0 Å². The van der Waals surface area contributed by atoms with Gasteiger partial charge in [-0.1, -0.05) is 29.8 Å². The van der Waals surface area contributed by atoms with E-state index in [1.807, 2.05) is 18.2 Å². The number of hydrogen-bond acceptors (Lipinski definition) is 4. The van der Waals surface area contributed by atoms with Crippen LogP contribution in [-0.4, -0.2) is 31.8 Å². The number of ether oxygens (including phenoxy) is 2. The standard InChI is InChI=1S/C12H14ClNO3/c13-10-4-2-1-3-9(10)8-17-12(15)11-7-14-5-6-16-11/h1-4,11,14H,5-8H2. The molecule has 0 aromatic heterocycles. The van der Waals surface area contributed by atoms with Crippen LogP contribution in [0, 0.1) is 0 Å². The average Bonchev–Trinajstić information content (AvgIpc) is 2.38. The summed E-state index contributed by atoms with van der Waals surface area (Å²) in [6.45, 7) is 1.99. The van der Waals surface area contributed by atoms with Crippen molar-refractivity contribution in [3.63, 3.8) is 0 Å². The van der Waals surface area contributed by atoms with Gasteiger partial charge in [0.15, 0.2) is 6.10 Å². The van der Waals surface area contributed by atoms with Gasteiger partial charge in [-0.3, -0.25) is 0 Å². The molecule has 1 unspecified atom stereocenters. The second-order valence-corrected chi connectivity index (χ2v) is 4.17. The lowest BCUT2D eigenvalue weighted by molar-refractivity contribution is -0.160. The van der Waals surface area contributed by atoms with E-state index in [1.165, 1.54) is 0 Å². The number of halogens is 1. The second kappa shape index (κ2) is 6.00. The molecule has 1 atom stereocenters. The van der Waals surface area contributed by atoms with E-state index in [-0.39, 0.29) is 12.6 Å². The molecule has 1 heterocycles. The summed E-state index contributed by atoms with van der Waals surface area (Å²) in [6, 6.07) is 7.29. The number of nitrogens with one attached hydrogen (secondary N) is 1. The maximum Gasteiger partial charge on any atom is 0.336 e. The van der Waals surface area contributed by atoms with Gasteiger partial charge in [-0.25, -0.2) is 4.79 Å². The van der Waals surface area contributed by atoms with E-state index in [2.05, 4.69) is 5.32 Å². The van der Waals surface area contributed by atoms with Crippen LogP contribution in [0.25, 0.3) is 0 Å². The first kappa shape index (κ1) is 12.4. The Labute approximate surface area is 105 Å². The fourth-order valence-electron chi connectivity index (χ4n) is 1.57. The van der Waals surface area contributed by atoms with Gasteiger partial charge in [0, 0.05) is 23.7 Å². The third kappa shape index (κ3) is 3.43. The normalized spacial score (nSPS) is 19.9. The first-order chi connectivity index (χ1) is 8.27. The fourth-order valence-corrected chi connectivity index (χ4v) is 1.76. The van der Waals surface area contributed by atoms with Crippen LogP contribution >= 0.6 is 11.6 Å². The summed E-state index contributed by atoms with van der Waals surface area (Å²) in [5.41, 5.74) is 0.797. The summed E-state index contributed by atoms with van der Waals surface area (Å²) < 4.78 is 10.4. The van der Waals surface area contributed by atoms with Crippen LogP contribution in [0.5, 0.6) is 0 Å². The molecular weight excluding hydrogens is 242 g/mol. The van der Waals surface area contributed by atoms with Crippen molar-refractivity contribution < 1.29 is 14.3 Å². The molecule has 2 rings (SSSR count). The van der Waals surface area contributed by atoms with Gasteiger partial charge in [0.25, 0.3) is 0 Å². The molecule has 1 aliphatic heterocycles. The highest BCUT2D eigenvalue weighted by Gasteiger charge is 2.23. The minimum absolute atomic E-state index is 0.179. The van der Waals surface area contributed by atoms with Gasteiger partial charge in [0.05, 0.1) is 6.61 Å². The smallest absolute Gasteiger partial charge is 0.336 e. The van der Waals surface area contributed by atoms with Crippen LogP contribution < -0.4 is 5.32 Å². The first-order valence-corrected chi connectivity index (χ1v) is 5.87. The molecule has 17 heavy (non-hydrogen) atoms. The van der Waals surface area contributed by atoms with E-state index in [9.17, 15) is 4.79 Å². The minimum Gasteiger partial charge on any atom is -0.459 e. The van der Waals surface area contributed by atoms with E-state index in [0.29, 0.717) is 18.2 Å². The Bertz CT molecular complexity index is 391. The number of morpholine rings is 1. The summed E-state index contributed by atoms with van der Waals surface area (Å²) >= 11 is 5.96. The molecule has 1 aliphatic rings. The Hall–Kier alpha value is -1.10. The van der Waals surface area contributed by atoms with E-state index < -0.39 is 6.10 Å². The van der Waals surface area contributed by atoms with Gasteiger partial charge in [-0.05, 0) is 6.07 Å². The van der Waals surface area contributed by atoms with Gasteiger partial charge in [-0.15, -0.1) is 0 Å². The van der Waals surface area contributed by atoms with Crippen molar-refractivity contribution in [1.29, 1.82) is 0 Å². The Kier molecular flexibility index (Phi) is 4.36. The van der Waals surface area contributed by atoms with Crippen LogP contribution in [0.4, 0.5) is 0 Å². The topological polar surface area (TPSA) is 47.6 Å². The van der Waals surface area contributed by atoms with E-state index in [4.69, 9.17) is 21.1 Å². The quantitative estimate of drug-likeness (QED) is 0.829. The molecule has 1 aromatic rings. The predicted molar refractivity (Wildman–Crippen MR) is 63.9 cm³/mol. The Morgan fingerprint density at radius 3 is 3.06 bits per heavy atom. The highest BCUT2D eigenvalue weighted by molar-refractivity contribution is 6.31. The number of carbonyl (C=O) groups is 1. The lowest BCUT2D eigenvalue weighted by atomic mass is 10.2. The van der Waals surface area contributed by atoms with Crippen LogP contribution in [0.3, 0.4) is 0 Å². The van der Waals surface area contributed by atoms with Crippen LogP contribution in [0.2, 0.25) is 5.02 Å². The van der Waals surface area contributed by atoms with Crippen molar-refractivity contribution in [3.8, 4) is 0 Å². The molecule has 4 nitrogen and oxygen atoms in total. The average molecular weight is 256 g/mol. The lowest BCUT2D eigenvalue weighted by Gasteiger charge is -2.22. The van der Waals surface area contributed by atoms with Gasteiger partial charge in [0.1, 0.15) is 6.61 Å². The molecule has 0 spiro atoms. The summed E-state index contributed by atoms with van der Waals surface area (Å²) in [7, 11) is 0. The summed E-state index contributed by atoms with van der Waals surface area (Å²) in [5.74, 6) is -0.350. The molecule has 1 fully saturated rings. The van der Waals surface area contributed by atoms with Crippen molar-refractivity contribution in [2.75, 3.05) is 19.7 Å². The van der Waals surface area contributed by atoms with Crippen LogP contribution in [0.15, 0.2) is 24.3 Å². The van der Waals surface area contributed by atoms with Crippen LogP contribution in [-0.2, 0) is 20.9 Å². The predicted octanol–water partition coefficient (Wildman–Crippen LogP) is 1.37. The lowest BCUT2D eigenvalue weighted by Crippen LogP contribution is -2.43. The molecule has 5 heteroatoms. The highest BCUT2D eigenvalue weighted by atomic mass is 35.5. The number of benzene rings is 1. The first-order valence-electron chi connectivity index (χ1n) is 5.50. The van der Waals surface area contributed by atoms with Crippen molar-refractivity contribution >= 4 is 17.6 Å². The zero-order valence-electron chi connectivity index (χ0n) is 9.32. The van der Waals surface area contributed by atoms with Gasteiger partial charge >= 0.3 is 5.97 Å². The fraction of sp³-hybridized carbons (Fsp3) is 0.417. The third-order valence-electron chi connectivity index (χ3n) is 2.52. The zero-order valence-corrected chi connectivity index (χ0v) is 10.1. The van der Waals surface area contributed by atoms with Crippen LogP contribution in [0.1, 0.15) is 5.56 Å². The molecule has 0 radical (unpaired) electrons. The molecular formula is C12H14ClNO3. The molecule has 0 bridgehead atoms. The molecule has 92 valence electrons. The number of esters is 1. The van der Waals surface area contributed by atoms with Gasteiger partial charge < -0.3 is 14.8 Å². The molecule has 1 saturated heterocycles. The molecule has 1 aromatic carbocycles. The van der Waals surface area contributed by atoms with E-state index in [1.54, 1.807) is 6.07 Å². The Morgan fingerprint density at radius 1 is 1.53 bits per heavy atom. The van der Waals surface area contributed by atoms with Gasteiger partial charge in [-0.2, -0.15) is 0 Å². The maximum atomic E-state index is 11.7. The van der Waals surface area contributed by atoms with Crippen molar-refractivity contribution in [1.82, 2.24) is 5.32 Å². The monoisotopic (exact) mass is 255 g/mol. The molecule has 0 amide bonds. The van der Waals surface area contributed by atoms with E-state index >= 15 is 0 Å². The molecule has 0 aliphatic carbocycles. The summed E-state index contributed by atoms with van der Waals surface area (Å²) in [6.07, 6.45) is -0.508. The summed E-state index contributed by atoms with van der Waals surface area (Å²) in [4.78, 5) is 11.7. The van der Waals surface area contributed by atoms with Gasteiger partial charge in [0.2, 0.25) is 0 Å². The zero-order chi connectivity index (χ0) is 12.1. The SMILES string of the molecule is O=C(OCc1ccccc1Cl)C1CNCCO1. The maximum absolute atomic E-state index is 11.7. The molecule has 1 N–H and O–H groups in total. The number of carbonyl (C=O) groups excluding carboxylic acids is 1. The minimum atomic E-state index is -0.508. The van der Waals surface area contributed by atoms with Crippen molar-refractivity contribution in [3.05, 3.63) is 34.9 Å².